The lowest BCUT2D eigenvalue weighted by molar-refractivity contribution is 0.226. The fourth-order valence-corrected chi connectivity index (χ4v) is 3.27. The molecule has 0 aromatic rings. The van der Waals surface area contributed by atoms with Crippen LogP contribution in [0.4, 0.5) is 0 Å². The largest absolute Gasteiger partial charge is 0.317 e. The summed E-state index contributed by atoms with van der Waals surface area (Å²) in [6.45, 7) is 4.70. The molecule has 0 heterocycles. The van der Waals surface area contributed by atoms with Crippen molar-refractivity contribution in [3.05, 3.63) is 0 Å². The summed E-state index contributed by atoms with van der Waals surface area (Å²) in [5.74, 6) is 1.94. The summed E-state index contributed by atoms with van der Waals surface area (Å²) in [7, 11) is 2.16. The van der Waals surface area contributed by atoms with E-state index in [0.717, 1.165) is 17.9 Å². The van der Waals surface area contributed by atoms with E-state index in [1.165, 1.54) is 64.2 Å². The molecule has 0 amide bonds. The van der Waals surface area contributed by atoms with E-state index in [1.54, 1.807) is 0 Å². The predicted molar refractivity (Wildman–Crippen MR) is 77.3 cm³/mol. The zero-order valence-electron chi connectivity index (χ0n) is 12.3. The molecule has 1 N–H and O–H groups in total. The number of rotatable bonds is 8. The van der Waals surface area contributed by atoms with E-state index < -0.39 is 0 Å². The van der Waals surface area contributed by atoms with Crippen molar-refractivity contribution >= 4 is 0 Å². The Hall–Kier alpha value is -0.0400. The molecule has 1 fully saturated rings. The Kier molecular flexibility index (Phi) is 7.92. The molecule has 1 aliphatic carbocycles. The fourth-order valence-electron chi connectivity index (χ4n) is 3.27. The van der Waals surface area contributed by atoms with Crippen LogP contribution >= 0.6 is 0 Å². The maximum absolute atomic E-state index is 3.58. The Morgan fingerprint density at radius 2 is 1.65 bits per heavy atom. The van der Waals surface area contributed by atoms with Crippen molar-refractivity contribution < 1.29 is 0 Å². The van der Waals surface area contributed by atoms with Gasteiger partial charge < -0.3 is 5.32 Å². The van der Waals surface area contributed by atoms with E-state index in [1.807, 2.05) is 0 Å². The van der Waals surface area contributed by atoms with E-state index in [4.69, 9.17) is 0 Å². The van der Waals surface area contributed by atoms with Crippen LogP contribution in [0.5, 0.6) is 0 Å². The van der Waals surface area contributed by atoms with E-state index in [-0.39, 0.29) is 0 Å². The van der Waals surface area contributed by atoms with Crippen LogP contribution in [0.25, 0.3) is 0 Å². The SMILES string of the molecule is CCCCCCCC(NC)C1CCC(C)CC1. The second-order valence-corrected chi connectivity index (χ2v) is 6.12. The standard InChI is InChI=1S/C16H33N/c1-4-5-6-7-8-9-16(17-3)15-12-10-14(2)11-13-15/h14-17H,4-13H2,1-3H3. The molecule has 0 spiro atoms. The molecule has 1 atom stereocenters. The van der Waals surface area contributed by atoms with Crippen molar-refractivity contribution in [3.63, 3.8) is 0 Å². The first-order valence-corrected chi connectivity index (χ1v) is 7.95. The highest BCUT2D eigenvalue weighted by Gasteiger charge is 2.24. The highest BCUT2D eigenvalue weighted by molar-refractivity contribution is 4.80. The lowest BCUT2D eigenvalue weighted by Crippen LogP contribution is -2.35. The Balaban J connectivity index is 2.14. The third-order valence-electron chi connectivity index (χ3n) is 4.62. The monoisotopic (exact) mass is 239 g/mol. The zero-order valence-corrected chi connectivity index (χ0v) is 12.3. The quantitative estimate of drug-likeness (QED) is 0.602. The van der Waals surface area contributed by atoms with Crippen molar-refractivity contribution in [1.29, 1.82) is 0 Å². The van der Waals surface area contributed by atoms with Gasteiger partial charge in [0.05, 0.1) is 0 Å². The normalized spacial score (nSPS) is 27.0. The molecule has 0 radical (unpaired) electrons. The van der Waals surface area contributed by atoms with Gasteiger partial charge in [-0.1, -0.05) is 58.8 Å². The maximum atomic E-state index is 3.58. The first-order chi connectivity index (χ1) is 8.27. The molecule has 102 valence electrons. The van der Waals surface area contributed by atoms with Gasteiger partial charge in [-0.05, 0) is 38.1 Å². The van der Waals surface area contributed by atoms with E-state index in [2.05, 4.69) is 26.2 Å². The van der Waals surface area contributed by atoms with Crippen LogP contribution in [0.15, 0.2) is 0 Å². The summed E-state index contributed by atoms with van der Waals surface area (Å²) >= 11 is 0. The highest BCUT2D eigenvalue weighted by Crippen LogP contribution is 2.31. The smallest absolute Gasteiger partial charge is 0.00923 e. The van der Waals surface area contributed by atoms with Gasteiger partial charge in [0, 0.05) is 6.04 Å². The summed E-state index contributed by atoms with van der Waals surface area (Å²) in [6, 6.07) is 0.795. The molecular formula is C16H33N. The number of hydrogen-bond donors (Lipinski definition) is 1. The van der Waals surface area contributed by atoms with Crippen LogP contribution in [0, 0.1) is 11.8 Å². The van der Waals surface area contributed by atoms with Gasteiger partial charge >= 0.3 is 0 Å². The van der Waals surface area contributed by atoms with Crippen molar-refractivity contribution in [1.82, 2.24) is 5.32 Å². The molecular weight excluding hydrogens is 206 g/mol. The van der Waals surface area contributed by atoms with E-state index in [9.17, 15) is 0 Å². The highest BCUT2D eigenvalue weighted by atomic mass is 14.9. The first-order valence-electron chi connectivity index (χ1n) is 7.95. The minimum Gasteiger partial charge on any atom is -0.317 e. The van der Waals surface area contributed by atoms with Gasteiger partial charge in [-0.3, -0.25) is 0 Å². The Morgan fingerprint density at radius 3 is 2.24 bits per heavy atom. The molecule has 1 aliphatic rings. The predicted octanol–water partition coefficient (Wildman–Crippen LogP) is 4.76. The topological polar surface area (TPSA) is 12.0 Å². The third-order valence-corrected chi connectivity index (χ3v) is 4.62. The van der Waals surface area contributed by atoms with E-state index in [0.29, 0.717) is 0 Å². The lowest BCUT2D eigenvalue weighted by atomic mass is 9.78. The second-order valence-electron chi connectivity index (χ2n) is 6.12. The summed E-state index contributed by atoms with van der Waals surface area (Å²) in [4.78, 5) is 0. The van der Waals surface area contributed by atoms with E-state index >= 15 is 0 Å². The van der Waals surface area contributed by atoms with Gasteiger partial charge in [0.2, 0.25) is 0 Å². The molecule has 0 aromatic heterocycles. The van der Waals surface area contributed by atoms with Crippen molar-refractivity contribution in [2.24, 2.45) is 11.8 Å². The number of unbranched alkanes of at least 4 members (excludes halogenated alkanes) is 4. The van der Waals surface area contributed by atoms with Gasteiger partial charge in [-0.2, -0.15) is 0 Å². The first kappa shape index (κ1) is 15.0. The van der Waals surface area contributed by atoms with Crippen LogP contribution in [-0.4, -0.2) is 13.1 Å². The van der Waals surface area contributed by atoms with Crippen LogP contribution in [-0.2, 0) is 0 Å². The van der Waals surface area contributed by atoms with Crippen molar-refractivity contribution in [3.8, 4) is 0 Å². The molecule has 1 saturated carbocycles. The molecule has 0 bridgehead atoms. The van der Waals surface area contributed by atoms with Gasteiger partial charge in [-0.25, -0.2) is 0 Å². The maximum Gasteiger partial charge on any atom is 0.00923 e. The number of nitrogens with one attached hydrogen (secondary N) is 1. The average molecular weight is 239 g/mol. The molecule has 17 heavy (non-hydrogen) atoms. The summed E-state index contributed by atoms with van der Waals surface area (Å²) in [5.41, 5.74) is 0. The van der Waals surface area contributed by atoms with Crippen LogP contribution in [0.2, 0.25) is 0 Å². The minimum absolute atomic E-state index is 0.795. The van der Waals surface area contributed by atoms with Gasteiger partial charge in [0.1, 0.15) is 0 Å². The van der Waals surface area contributed by atoms with Crippen LogP contribution < -0.4 is 5.32 Å². The molecule has 1 unspecified atom stereocenters. The molecule has 1 nitrogen and oxygen atoms in total. The number of hydrogen-bond acceptors (Lipinski definition) is 1. The Morgan fingerprint density at radius 1 is 1.00 bits per heavy atom. The Labute approximate surface area is 109 Å². The van der Waals surface area contributed by atoms with Crippen molar-refractivity contribution in [2.45, 2.75) is 84.1 Å². The van der Waals surface area contributed by atoms with Crippen molar-refractivity contribution in [2.75, 3.05) is 7.05 Å². The zero-order chi connectivity index (χ0) is 12.5. The molecule has 1 rings (SSSR count). The van der Waals surface area contributed by atoms with Gasteiger partial charge in [0.25, 0.3) is 0 Å². The summed E-state index contributed by atoms with van der Waals surface area (Å²) in [6.07, 6.45) is 14.3. The lowest BCUT2D eigenvalue weighted by Gasteiger charge is -2.32. The Bertz CT molecular complexity index is 170. The second kappa shape index (κ2) is 8.97. The molecule has 0 saturated heterocycles. The fraction of sp³-hybridized carbons (Fsp3) is 1.00. The van der Waals surface area contributed by atoms with Crippen LogP contribution in [0.1, 0.15) is 78.1 Å². The third kappa shape index (κ3) is 5.90. The average Bonchev–Trinajstić information content (AvgIpc) is 2.35. The summed E-state index contributed by atoms with van der Waals surface area (Å²) in [5, 5.41) is 3.58. The van der Waals surface area contributed by atoms with Gasteiger partial charge in [0.15, 0.2) is 0 Å². The molecule has 0 aromatic carbocycles. The van der Waals surface area contributed by atoms with Gasteiger partial charge in [-0.15, -0.1) is 0 Å². The minimum atomic E-state index is 0.795. The van der Waals surface area contributed by atoms with Crippen LogP contribution in [0.3, 0.4) is 0 Å². The molecule has 1 heteroatoms. The molecule has 0 aliphatic heterocycles. The summed E-state index contributed by atoms with van der Waals surface area (Å²) < 4.78 is 0.